The lowest BCUT2D eigenvalue weighted by Gasteiger charge is -2.11. The van der Waals surface area contributed by atoms with Crippen LogP contribution in [0.25, 0.3) is 0 Å². The van der Waals surface area contributed by atoms with E-state index < -0.39 is 0 Å². The van der Waals surface area contributed by atoms with E-state index in [2.05, 4.69) is 19.2 Å². The summed E-state index contributed by atoms with van der Waals surface area (Å²) in [5.74, 6) is 1.92. The van der Waals surface area contributed by atoms with Crippen LogP contribution in [0.3, 0.4) is 0 Å². The molecule has 0 heterocycles. The molecule has 0 saturated carbocycles. The molecule has 2 rings (SSSR count). The van der Waals surface area contributed by atoms with Crippen LogP contribution >= 0.6 is 23.2 Å². The highest BCUT2D eigenvalue weighted by molar-refractivity contribution is 6.32. The van der Waals surface area contributed by atoms with Crippen molar-refractivity contribution in [2.24, 2.45) is 5.92 Å². The van der Waals surface area contributed by atoms with Crippen molar-refractivity contribution in [1.82, 2.24) is 5.32 Å². The maximum Gasteiger partial charge on any atom is 0.146 e. The number of hydrogen-bond acceptors (Lipinski definition) is 2. The number of halogens is 2. The predicted octanol–water partition coefficient (Wildman–Crippen LogP) is 5.53. The summed E-state index contributed by atoms with van der Waals surface area (Å²) in [4.78, 5) is 0. The lowest BCUT2D eigenvalue weighted by molar-refractivity contribution is 0.482. The van der Waals surface area contributed by atoms with E-state index in [4.69, 9.17) is 27.9 Å². The molecular formula is C17H19Cl2NO. The van der Waals surface area contributed by atoms with Gasteiger partial charge in [-0.15, -0.1) is 0 Å². The van der Waals surface area contributed by atoms with E-state index >= 15 is 0 Å². The fourth-order valence-electron chi connectivity index (χ4n) is 1.88. The SMILES string of the molecule is CC(C)CNCc1ccc(Oc2ccccc2Cl)cc1Cl. The van der Waals surface area contributed by atoms with Gasteiger partial charge in [-0.25, -0.2) is 0 Å². The van der Waals surface area contributed by atoms with Gasteiger partial charge in [0.2, 0.25) is 0 Å². The molecule has 0 fully saturated rings. The summed E-state index contributed by atoms with van der Waals surface area (Å²) in [6, 6.07) is 13.1. The zero-order valence-electron chi connectivity index (χ0n) is 12.2. The molecule has 0 atom stereocenters. The first-order chi connectivity index (χ1) is 10.1. The zero-order valence-corrected chi connectivity index (χ0v) is 13.7. The average Bonchev–Trinajstić information content (AvgIpc) is 2.43. The maximum atomic E-state index is 6.30. The molecule has 0 amide bonds. The number of rotatable bonds is 6. The minimum Gasteiger partial charge on any atom is -0.456 e. The Kier molecular flexibility index (Phi) is 5.92. The highest BCUT2D eigenvalue weighted by Crippen LogP contribution is 2.31. The zero-order chi connectivity index (χ0) is 15.2. The Labute approximate surface area is 136 Å². The molecule has 4 heteroatoms. The highest BCUT2D eigenvalue weighted by Gasteiger charge is 2.06. The van der Waals surface area contributed by atoms with Gasteiger partial charge in [-0.2, -0.15) is 0 Å². The van der Waals surface area contributed by atoms with Crippen LogP contribution in [0.15, 0.2) is 42.5 Å². The lowest BCUT2D eigenvalue weighted by atomic mass is 10.2. The smallest absolute Gasteiger partial charge is 0.146 e. The minimum atomic E-state index is 0.580. The number of benzene rings is 2. The van der Waals surface area contributed by atoms with Crippen LogP contribution in [0.2, 0.25) is 10.0 Å². The molecule has 2 aromatic carbocycles. The Morgan fingerprint density at radius 1 is 1.05 bits per heavy atom. The first-order valence-corrected chi connectivity index (χ1v) is 7.73. The molecule has 0 unspecified atom stereocenters. The van der Waals surface area contributed by atoms with Crippen LogP contribution in [0.1, 0.15) is 19.4 Å². The van der Waals surface area contributed by atoms with Gasteiger partial charge in [0, 0.05) is 11.6 Å². The van der Waals surface area contributed by atoms with Crippen molar-refractivity contribution in [3.8, 4) is 11.5 Å². The monoisotopic (exact) mass is 323 g/mol. The van der Waals surface area contributed by atoms with Crippen molar-refractivity contribution in [2.45, 2.75) is 20.4 Å². The number of hydrogen-bond donors (Lipinski definition) is 1. The van der Waals surface area contributed by atoms with E-state index in [1.807, 2.05) is 36.4 Å². The Morgan fingerprint density at radius 3 is 2.48 bits per heavy atom. The van der Waals surface area contributed by atoms with Crippen LogP contribution in [0.5, 0.6) is 11.5 Å². The summed E-state index contributed by atoms with van der Waals surface area (Å²) in [5, 5.41) is 4.64. The fourth-order valence-corrected chi connectivity index (χ4v) is 2.30. The lowest BCUT2D eigenvalue weighted by Crippen LogP contribution is -2.19. The highest BCUT2D eigenvalue weighted by atomic mass is 35.5. The van der Waals surface area contributed by atoms with E-state index in [1.165, 1.54) is 0 Å². The van der Waals surface area contributed by atoms with Crippen LogP contribution in [0, 0.1) is 5.92 Å². The van der Waals surface area contributed by atoms with E-state index in [9.17, 15) is 0 Å². The standard InChI is InChI=1S/C17H19Cl2NO/c1-12(2)10-20-11-13-7-8-14(9-16(13)19)21-17-6-4-3-5-15(17)18/h3-9,12,20H,10-11H2,1-2H3. The van der Waals surface area contributed by atoms with Gasteiger partial charge in [0.15, 0.2) is 0 Å². The molecule has 112 valence electrons. The molecule has 21 heavy (non-hydrogen) atoms. The van der Waals surface area contributed by atoms with Gasteiger partial charge in [-0.3, -0.25) is 0 Å². The molecule has 0 spiro atoms. The van der Waals surface area contributed by atoms with Crippen molar-refractivity contribution in [1.29, 1.82) is 0 Å². The molecular weight excluding hydrogens is 305 g/mol. The Morgan fingerprint density at radius 2 is 1.81 bits per heavy atom. The molecule has 0 bridgehead atoms. The molecule has 2 aromatic rings. The molecule has 0 saturated heterocycles. The molecule has 0 aromatic heterocycles. The fraction of sp³-hybridized carbons (Fsp3) is 0.294. The molecule has 0 aliphatic carbocycles. The van der Waals surface area contributed by atoms with Crippen LogP contribution < -0.4 is 10.1 Å². The first-order valence-electron chi connectivity index (χ1n) is 6.98. The number of para-hydroxylation sites is 1. The second-order valence-electron chi connectivity index (χ2n) is 5.31. The second kappa shape index (κ2) is 7.69. The van der Waals surface area contributed by atoms with E-state index in [0.29, 0.717) is 27.5 Å². The van der Waals surface area contributed by atoms with Crippen LogP contribution in [-0.4, -0.2) is 6.54 Å². The number of nitrogens with one attached hydrogen (secondary N) is 1. The van der Waals surface area contributed by atoms with Crippen LogP contribution in [-0.2, 0) is 6.54 Å². The molecule has 0 aliphatic rings. The molecule has 0 radical (unpaired) electrons. The van der Waals surface area contributed by atoms with Crippen molar-refractivity contribution < 1.29 is 4.74 Å². The summed E-state index contributed by atoms with van der Waals surface area (Å²) >= 11 is 12.4. The normalized spacial score (nSPS) is 10.9. The summed E-state index contributed by atoms with van der Waals surface area (Å²) in [6.45, 7) is 6.07. The van der Waals surface area contributed by atoms with E-state index in [1.54, 1.807) is 6.07 Å². The second-order valence-corrected chi connectivity index (χ2v) is 6.12. The summed E-state index contributed by atoms with van der Waals surface area (Å²) in [6.07, 6.45) is 0. The Balaban J connectivity index is 2.03. The topological polar surface area (TPSA) is 21.3 Å². The number of ether oxygens (including phenoxy) is 1. The quantitative estimate of drug-likeness (QED) is 0.754. The third kappa shape index (κ3) is 4.92. The molecule has 1 N–H and O–H groups in total. The van der Waals surface area contributed by atoms with Gasteiger partial charge in [0.05, 0.1) is 5.02 Å². The third-order valence-electron chi connectivity index (χ3n) is 2.96. The van der Waals surface area contributed by atoms with Crippen molar-refractivity contribution in [3.63, 3.8) is 0 Å². The third-order valence-corrected chi connectivity index (χ3v) is 3.62. The van der Waals surface area contributed by atoms with Gasteiger partial charge in [-0.05, 0) is 42.3 Å². The van der Waals surface area contributed by atoms with Gasteiger partial charge in [-0.1, -0.05) is 55.2 Å². The van der Waals surface area contributed by atoms with Crippen LogP contribution in [0.4, 0.5) is 0 Å². The molecule has 2 nitrogen and oxygen atoms in total. The summed E-state index contributed by atoms with van der Waals surface area (Å²) in [7, 11) is 0. The largest absolute Gasteiger partial charge is 0.456 e. The first kappa shape index (κ1) is 16.2. The maximum absolute atomic E-state index is 6.30. The van der Waals surface area contributed by atoms with Crippen molar-refractivity contribution in [2.75, 3.05) is 6.54 Å². The summed E-state index contributed by atoms with van der Waals surface area (Å²) in [5.41, 5.74) is 1.06. The van der Waals surface area contributed by atoms with Crippen molar-refractivity contribution in [3.05, 3.63) is 58.1 Å². The minimum absolute atomic E-state index is 0.580. The van der Waals surface area contributed by atoms with E-state index in [0.717, 1.165) is 18.7 Å². The van der Waals surface area contributed by atoms with Gasteiger partial charge in [0.25, 0.3) is 0 Å². The van der Waals surface area contributed by atoms with Gasteiger partial charge >= 0.3 is 0 Å². The van der Waals surface area contributed by atoms with Gasteiger partial charge < -0.3 is 10.1 Å². The predicted molar refractivity (Wildman–Crippen MR) is 89.5 cm³/mol. The van der Waals surface area contributed by atoms with E-state index in [-0.39, 0.29) is 0 Å². The van der Waals surface area contributed by atoms with Crippen molar-refractivity contribution >= 4 is 23.2 Å². The summed E-state index contributed by atoms with van der Waals surface area (Å²) < 4.78 is 5.75. The Hall–Kier alpha value is -1.22. The molecule has 0 aliphatic heterocycles. The van der Waals surface area contributed by atoms with Gasteiger partial charge in [0.1, 0.15) is 11.5 Å². The average molecular weight is 324 g/mol. The Bertz CT molecular complexity index is 599.